The zero-order valence-electron chi connectivity index (χ0n) is 17.3. The van der Waals surface area contributed by atoms with Crippen molar-refractivity contribution in [1.82, 2.24) is 9.97 Å². The summed E-state index contributed by atoms with van der Waals surface area (Å²) in [6.07, 6.45) is -3.00. The number of alkyl halides is 3. The maximum Gasteiger partial charge on any atom is 0.416 e. The first-order valence-corrected chi connectivity index (χ1v) is 10.3. The second-order valence-electron chi connectivity index (χ2n) is 8.19. The van der Waals surface area contributed by atoms with Gasteiger partial charge in [-0.25, -0.2) is 0 Å². The maximum absolute atomic E-state index is 13.0. The van der Waals surface area contributed by atoms with E-state index in [1.54, 1.807) is 0 Å². The topological polar surface area (TPSA) is 107 Å². The van der Waals surface area contributed by atoms with E-state index in [-0.39, 0.29) is 23.5 Å². The lowest BCUT2D eigenvalue weighted by atomic mass is 9.92. The van der Waals surface area contributed by atoms with E-state index in [4.69, 9.17) is 0 Å². The maximum atomic E-state index is 13.0. The summed E-state index contributed by atoms with van der Waals surface area (Å²) < 4.78 is 38.9. The van der Waals surface area contributed by atoms with Crippen LogP contribution in [0.5, 0.6) is 0 Å². The van der Waals surface area contributed by atoms with Crippen molar-refractivity contribution in [1.29, 1.82) is 0 Å². The molecular formula is C21H22F3N5O3. The average molecular weight is 449 g/mol. The smallest absolute Gasteiger partial charge is 0.342 e. The number of nitrogens with zero attached hydrogens (tertiary/aromatic N) is 2. The first-order chi connectivity index (χ1) is 15.1. The zero-order chi connectivity index (χ0) is 23.0. The number of carbonyl (C=O) groups excluding carboxylic acids is 2. The van der Waals surface area contributed by atoms with Gasteiger partial charge < -0.3 is 15.5 Å². The third kappa shape index (κ3) is 4.46. The highest BCUT2D eigenvalue weighted by Gasteiger charge is 2.36. The first kappa shape index (κ1) is 21.8. The van der Waals surface area contributed by atoms with E-state index in [1.165, 1.54) is 12.1 Å². The van der Waals surface area contributed by atoms with E-state index in [2.05, 4.69) is 27.5 Å². The molecule has 32 heavy (non-hydrogen) atoms. The molecule has 170 valence electrons. The van der Waals surface area contributed by atoms with Gasteiger partial charge >= 0.3 is 6.18 Å². The third-order valence-corrected chi connectivity index (χ3v) is 5.80. The van der Waals surface area contributed by atoms with Gasteiger partial charge in [-0.15, -0.1) is 0 Å². The number of amides is 2. The SMILES string of the molecule is CC1CCN(c2nc3c(c(=O)[nH]2)[C@H](C(=O)Nc2cccc(C(F)(F)F)c2)CC(=O)N3)CC1. The number of benzene rings is 1. The van der Waals surface area contributed by atoms with Crippen LogP contribution in [0, 0.1) is 5.92 Å². The molecule has 2 aliphatic rings. The summed E-state index contributed by atoms with van der Waals surface area (Å²) in [4.78, 5) is 46.9. The van der Waals surface area contributed by atoms with Crippen LogP contribution >= 0.6 is 0 Å². The lowest BCUT2D eigenvalue weighted by Gasteiger charge is -2.31. The molecule has 2 aromatic rings. The van der Waals surface area contributed by atoms with Crippen LogP contribution in [0.1, 0.15) is 43.2 Å². The number of carbonyl (C=O) groups is 2. The fourth-order valence-corrected chi connectivity index (χ4v) is 3.96. The Bertz CT molecular complexity index is 1110. The Balaban J connectivity index is 1.61. The van der Waals surface area contributed by atoms with Gasteiger partial charge in [-0.3, -0.25) is 19.4 Å². The predicted molar refractivity (Wildman–Crippen MR) is 112 cm³/mol. The number of aromatic amines is 1. The van der Waals surface area contributed by atoms with Gasteiger partial charge in [0.2, 0.25) is 17.8 Å². The van der Waals surface area contributed by atoms with Crippen LogP contribution in [0.4, 0.5) is 30.6 Å². The molecule has 1 aromatic heterocycles. The lowest BCUT2D eigenvalue weighted by molar-refractivity contribution is -0.137. The van der Waals surface area contributed by atoms with E-state index in [1.807, 2.05) is 4.90 Å². The van der Waals surface area contributed by atoms with Crippen LogP contribution in [0.25, 0.3) is 0 Å². The molecule has 1 aromatic carbocycles. The number of H-pyrrole nitrogens is 1. The van der Waals surface area contributed by atoms with Crippen molar-refractivity contribution in [2.24, 2.45) is 5.92 Å². The summed E-state index contributed by atoms with van der Waals surface area (Å²) in [5.41, 5.74) is -1.58. The van der Waals surface area contributed by atoms with Gasteiger partial charge in [-0.05, 0) is 37.0 Å². The second-order valence-corrected chi connectivity index (χ2v) is 8.19. The highest BCUT2D eigenvalue weighted by atomic mass is 19.4. The Kier molecular flexibility index (Phi) is 5.66. The number of rotatable bonds is 3. The zero-order valence-corrected chi connectivity index (χ0v) is 17.3. The highest BCUT2D eigenvalue weighted by molar-refractivity contribution is 6.04. The number of hydrogen-bond acceptors (Lipinski definition) is 5. The van der Waals surface area contributed by atoms with Crippen LogP contribution < -0.4 is 21.1 Å². The highest BCUT2D eigenvalue weighted by Crippen LogP contribution is 2.33. The molecule has 11 heteroatoms. The molecule has 2 aliphatic heterocycles. The third-order valence-electron chi connectivity index (χ3n) is 5.80. The summed E-state index contributed by atoms with van der Waals surface area (Å²) in [5.74, 6) is -1.55. The fourth-order valence-electron chi connectivity index (χ4n) is 3.96. The van der Waals surface area contributed by atoms with E-state index in [0.717, 1.165) is 25.0 Å². The van der Waals surface area contributed by atoms with Crippen LogP contribution in [0.15, 0.2) is 29.1 Å². The van der Waals surface area contributed by atoms with Crippen LogP contribution in [0.2, 0.25) is 0 Å². The molecule has 0 spiro atoms. The Morgan fingerprint density at radius 2 is 1.94 bits per heavy atom. The number of halogens is 3. The molecule has 8 nitrogen and oxygen atoms in total. The number of hydrogen-bond donors (Lipinski definition) is 3. The van der Waals surface area contributed by atoms with Crippen LogP contribution in [-0.4, -0.2) is 34.9 Å². The van der Waals surface area contributed by atoms with E-state index >= 15 is 0 Å². The molecule has 4 rings (SSSR count). The van der Waals surface area contributed by atoms with Gasteiger partial charge in [-0.2, -0.15) is 18.2 Å². The number of anilines is 3. The van der Waals surface area contributed by atoms with Crippen molar-refractivity contribution in [3.8, 4) is 0 Å². The van der Waals surface area contributed by atoms with Crippen molar-refractivity contribution in [3.63, 3.8) is 0 Å². The Hall–Kier alpha value is -3.37. The second kappa shape index (κ2) is 8.29. The number of fused-ring (bicyclic) bond motifs is 1. The molecule has 0 bridgehead atoms. The Morgan fingerprint density at radius 1 is 1.22 bits per heavy atom. The van der Waals surface area contributed by atoms with Gasteiger partial charge in [0, 0.05) is 25.2 Å². The van der Waals surface area contributed by atoms with Crippen molar-refractivity contribution in [2.75, 3.05) is 28.6 Å². The minimum absolute atomic E-state index is 0.00261. The van der Waals surface area contributed by atoms with E-state index in [9.17, 15) is 27.6 Å². The van der Waals surface area contributed by atoms with E-state index < -0.39 is 35.0 Å². The summed E-state index contributed by atoms with van der Waals surface area (Å²) in [7, 11) is 0. The molecule has 2 amide bonds. The minimum atomic E-state index is -4.57. The molecular weight excluding hydrogens is 427 g/mol. The van der Waals surface area contributed by atoms with Crippen LogP contribution in [0.3, 0.4) is 0 Å². The summed E-state index contributed by atoms with van der Waals surface area (Å²) >= 11 is 0. The molecule has 0 saturated carbocycles. The summed E-state index contributed by atoms with van der Waals surface area (Å²) in [5, 5.41) is 4.93. The van der Waals surface area contributed by atoms with Crippen molar-refractivity contribution in [2.45, 2.75) is 38.3 Å². The summed E-state index contributed by atoms with van der Waals surface area (Å²) in [6.45, 7) is 3.56. The van der Waals surface area contributed by atoms with Gasteiger partial charge in [0.05, 0.1) is 17.0 Å². The molecule has 1 fully saturated rings. The normalized spacial score (nSPS) is 19.3. The minimum Gasteiger partial charge on any atom is -0.342 e. The molecule has 1 atom stereocenters. The lowest BCUT2D eigenvalue weighted by Crippen LogP contribution is -2.39. The Morgan fingerprint density at radius 3 is 2.62 bits per heavy atom. The van der Waals surface area contributed by atoms with E-state index in [0.29, 0.717) is 25.0 Å². The van der Waals surface area contributed by atoms with Gasteiger partial charge in [0.25, 0.3) is 5.56 Å². The monoisotopic (exact) mass is 449 g/mol. The first-order valence-electron chi connectivity index (χ1n) is 10.3. The molecule has 0 aliphatic carbocycles. The standard InChI is InChI=1S/C21H22F3N5O3/c1-11-5-7-29(8-6-11)20-27-17-16(19(32)28-20)14(10-15(30)26-17)18(31)25-13-4-2-3-12(9-13)21(22,23)24/h2-4,9,11,14H,5-8,10H2,1H3,(H,25,31)(H2,26,27,28,30,32)/t14-/m1/s1. The molecule has 0 radical (unpaired) electrons. The van der Waals surface area contributed by atoms with Crippen molar-refractivity contribution >= 4 is 29.3 Å². The van der Waals surface area contributed by atoms with Gasteiger partial charge in [0.1, 0.15) is 5.82 Å². The molecule has 0 unspecified atom stereocenters. The molecule has 1 saturated heterocycles. The van der Waals surface area contributed by atoms with Crippen molar-refractivity contribution < 1.29 is 22.8 Å². The largest absolute Gasteiger partial charge is 0.416 e. The van der Waals surface area contributed by atoms with Crippen molar-refractivity contribution in [3.05, 3.63) is 45.7 Å². The molecule has 3 heterocycles. The molecule has 3 N–H and O–H groups in total. The predicted octanol–water partition coefficient (Wildman–Crippen LogP) is 3.09. The number of nitrogens with one attached hydrogen (secondary N) is 3. The van der Waals surface area contributed by atoms with Gasteiger partial charge in [0.15, 0.2) is 0 Å². The number of aromatic nitrogens is 2. The number of piperidine rings is 1. The van der Waals surface area contributed by atoms with Gasteiger partial charge in [-0.1, -0.05) is 13.0 Å². The fraction of sp³-hybridized carbons (Fsp3) is 0.429. The summed E-state index contributed by atoms with van der Waals surface area (Å²) in [6, 6.07) is 4.15. The quantitative estimate of drug-likeness (QED) is 0.668. The van der Waals surface area contributed by atoms with Crippen LogP contribution in [-0.2, 0) is 15.8 Å². The average Bonchev–Trinajstić information content (AvgIpc) is 2.73. The Labute approximate surface area is 181 Å².